The third-order valence-corrected chi connectivity index (χ3v) is 4.99. The lowest BCUT2D eigenvalue weighted by molar-refractivity contribution is 0.257. The lowest BCUT2D eigenvalue weighted by Gasteiger charge is -2.33. The number of nitrogens with zero attached hydrogens (tertiary/aromatic N) is 1. The summed E-state index contributed by atoms with van der Waals surface area (Å²) in [6, 6.07) is 1.51. The number of aryl methyl sites for hydroxylation is 1. The van der Waals surface area contributed by atoms with Crippen LogP contribution in [-0.2, 0) is 6.42 Å². The number of H-pyrrole nitrogens is 1. The van der Waals surface area contributed by atoms with Crippen LogP contribution in [0, 0.1) is 5.92 Å². The summed E-state index contributed by atoms with van der Waals surface area (Å²) in [6.07, 6.45) is 14.3. The number of nitrogens with one attached hydrogen (secondary N) is 3. The molecule has 3 atom stereocenters. The van der Waals surface area contributed by atoms with E-state index in [4.69, 9.17) is 0 Å². The van der Waals surface area contributed by atoms with Crippen molar-refractivity contribution in [2.45, 2.75) is 63.5 Å². The van der Waals surface area contributed by atoms with Crippen molar-refractivity contribution < 1.29 is 0 Å². The van der Waals surface area contributed by atoms with Gasteiger partial charge in [0.05, 0.1) is 0 Å². The highest BCUT2D eigenvalue weighted by molar-refractivity contribution is 4.92. The second-order valence-corrected chi connectivity index (χ2v) is 6.35. The lowest BCUT2D eigenvalue weighted by Crippen LogP contribution is -2.47. The minimum atomic E-state index is 0.738. The first-order chi connectivity index (χ1) is 9.93. The summed E-state index contributed by atoms with van der Waals surface area (Å²) in [6.45, 7) is 2.35. The van der Waals surface area contributed by atoms with Gasteiger partial charge in [-0.3, -0.25) is 0 Å². The van der Waals surface area contributed by atoms with Gasteiger partial charge in [0, 0.05) is 30.9 Å². The van der Waals surface area contributed by atoms with Crippen LogP contribution in [0.25, 0.3) is 0 Å². The van der Waals surface area contributed by atoms with E-state index in [9.17, 15) is 0 Å². The monoisotopic (exact) mass is 276 g/mol. The SMILES string of the molecule is c1c[nH]c(CCCNC2CCCC2C2CCCCN2)n1. The van der Waals surface area contributed by atoms with Gasteiger partial charge in [0.1, 0.15) is 5.82 Å². The van der Waals surface area contributed by atoms with E-state index in [0.29, 0.717) is 0 Å². The zero-order valence-corrected chi connectivity index (χ0v) is 12.4. The molecule has 1 aliphatic heterocycles. The van der Waals surface area contributed by atoms with Crippen LogP contribution in [0.15, 0.2) is 12.4 Å². The summed E-state index contributed by atoms with van der Waals surface area (Å²) in [4.78, 5) is 7.46. The maximum absolute atomic E-state index is 4.28. The van der Waals surface area contributed by atoms with Gasteiger partial charge in [-0.1, -0.05) is 12.8 Å². The molecule has 1 saturated carbocycles. The summed E-state index contributed by atoms with van der Waals surface area (Å²) in [7, 11) is 0. The molecule has 2 fully saturated rings. The van der Waals surface area contributed by atoms with Crippen LogP contribution in [0.3, 0.4) is 0 Å². The van der Waals surface area contributed by atoms with E-state index in [1.165, 1.54) is 51.5 Å². The second kappa shape index (κ2) is 7.23. The van der Waals surface area contributed by atoms with Crippen molar-refractivity contribution in [3.63, 3.8) is 0 Å². The number of aromatic nitrogens is 2. The van der Waals surface area contributed by atoms with Crippen LogP contribution in [0.2, 0.25) is 0 Å². The Morgan fingerprint density at radius 1 is 1.20 bits per heavy atom. The number of piperidine rings is 1. The van der Waals surface area contributed by atoms with Gasteiger partial charge in [0.15, 0.2) is 0 Å². The van der Waals surface area contributed by atoms with Crippen LogP contribution in [0.4, 0.5) is 0 Å². The molecule has 2 heterocycles. The summed E-state index contributed by atoms with van der Waals surface area (Å²) in [5.41, 5.74) is 0. The van der Waals surface area contributed by atoms with E-state index in [1.54, 1.807) is 0 Å². The first-order valence-corrected chi connectivity index (χ1v) is 8.38. The average Bonchev–Trinajstić information content (AvgIpc) is 3.16. The van der Waals surface area contributed by atoms with E-state index < -0.39 is 0 Å². The van der Waals surface area contributed by atoms with Gasteiger partial charge in [-0.05, 0) is 51.1 Å². The molecule has 20 heavy (non-hydrogen) atoms. The lowest BCUT2D eigenvalue weighted by atomic mass is 9.88. The molecule has 0 bridgehead atoms. The van der Waals surface area contributed by atoms with Gasteiger partial charge in [-0.15, -0.1) is 0 Å². The summed E-state index contributed by atoms with van der Waals surface area (Å²) >= 11 is 0. The molecular formula is C16H28N4. The third kappa shape index (κ3) is 3.61. The van der Waals surface area contributed by atoms with Crippen molar-refractivity contribution in [2.24, 2.45) is 5.92 Å². The minimum Gasteiger partial charge on any atom is -0.349 e. The molecule has 3 rings (SSSR count). The van der Waals surface area contributed by atoms with E-state index in [-0.39, 0.29) is 0 Å². The van der Waals surface area contributed by atoms with Crippen molar-refractivity contribution in [3.8, 4) is 0 Å². The van der Waals surface area contributed by atoms with Gasteiger partial charge in [0.25, 0.3) is 0 Å². The summed E-state index contributed by atoms with van der Waals surface area (Å²) < 4.78 is 0. The Morgan fingerprint density at radius 2 is 2.20 bits per heavy atom. The van der Waals surface area contributed by atoms with Gasteiger partial charge < -0.3 is 15.6 Å². The minimum absolute atomic E-state index is 0.738. The zero-order valence-electron chi connectivity index (χ0n) is 12.4. The molecule has 0 amide bonds. The highest BCUT2D eigenvalue weighted by Gasteiger charge is 2.33. The Bertz CT molecular complexity index is 370. The first kappa shape index (κ1) is 14.1. The standard InChI is InChI=1S/C16H28N4/c1-2-9-17-14(6-1)13-5-3-7-15(13)18-10-4-8-16-19-11-12-20-16/h11-15,17-18H,1-10H2,(H,19,20). The van der Waals surface area contributed by atoms with E-state index in [0.717, 1.165) is 36.8 Å². The fourth-order valence-electron chi connectivity index (χ4n) is 3.95. The van der Waals surface area contributed by atoms with Crippen molar-refractivity contribution in [1.29, 1.82) is 0 Å². The normalized spacial score (nSPS) is 30.7. The predicted molar refractivity (Wildman–Crippen MR) is 81.7 cm³/mol. The Labute approximate surface area is 122 Å². The zero-order chi connectivity index (χ0) is 13.6. The molecule has 1 aromatic heterocycles. The molecule has 0 spiro atoms. The molecule has 112 valence electrons. The molecule has 0 radical (unpaired) electrons. The Kier molecular flexibility index (Phi) is 5.09. The molecule has 3 N–H and O–H groups in total. The molecule has 4 nitrogen and oxygen atoms in total. The average molecular weight is 276 g/mol. The van der Waals surface area contributed by atoms with Gasteiger partial charge in [0.2, 0.25) is 0 Å². The molecule has 1 aliphatic carbocycles. The summed E-state index contributed by atoms with van der Waals surface area (Å²) in [5, 5.41) is 7.56. The second-order valence-electron chi connectivity index (χ2n) is 6.35. The maximum atomic E-state index is 4.28. The molecule has 1 aromatic rings. The number of hydrogen-bond acceptors (Lipinski definition) is 3. The highest BCUT2D eigenvalue weighted by Crippen LogP contribution is 2.31. The topological polar surface area (TPSA) is 52.7 Å². The molecule has 2 aliphatic rings. The smallest absolute Gasteiger partial charge is 0.106 e. The molecular weight excluding hydrogens is 248 g/mol. The van der Waals surface area contributed by atoms with Gasteiger partial charge in [-0.2, -0.15) is 0 Å². The van der Waals surface area contributed by atoms with Crippen molar-refractivity contribution >= 4 is 0 Å². The van der Waals surface area contributed by atoms with Crippen LogP contribution in [0.5, 0.6) is 0 Å². The maximum Gasteiger partial charge on any atom is 0.106 e. The molecule has 3 unspecified atom stereocenters. The van der Waals surface area contributed by atoms with E-state index in [2.05, 4.69) is 20.6 Å². The summed E-state index contributed by atoms with van der Waals surface area (Å²) in [5.74, 6) is 1.97. The highest BCUT2D eigenvalue weighted by atomic mass is 15.0. The first-order valence-electron chi connectivity index (χ1n) is 8.38. The van der Waals surface area contributed by atoms with Crippen molar-refractivity contribution in [2.75, 3.05) is 13.1 Å². The van der Waals surface area contributed by atoms with Crippen LogP contribution in [0.1, 0.15) is 50.8 Å². The van der Waals surface area contributed by atoms with Crippen molar-refractivity contribution in [3.05, 3.63) is 18.2 Å². The van der Waals surface area contributed by atoms with Crippen LogP contribution < -0.4 is 10.6 Å². The van der Waals surface area contributed by atoms with Crippen LogP contribution in [-0.4, -0.2) is 35.1 Å². The fraction of sp³-hybridized carbons (Fsp3) is 0.812. The quantitative estimate of drug-likeness (QED) is 0.699. The third-order valence-electron chi connectivity index (χ3n) is 4.99. The van der Waals surface area contributed by atoms with E-state index >= 15 is 0 Å². The van der Waals surface area contributed by atoms with E-state index in [1.807, 2.05) is 12.4 Å². The Morgan fingerprint density at radius 3 is 3.00 bits per heavy atom. The van der Waals surface area contributed by atoms with Crippen molar-refractivity contribution in [1.82, 2.24) is 20.6 Å². The number of aromatic amines is 1. The molecule has 0 aromatic carbocycles. The Balaban J connectivity index is 1.39. The van der Waals surface area contributed by atoms with Crippen LogP contribution >= 0.6 is 0 Å². The number of hydrogen-bond donors (Lipinski definition) is 3. The number of imidazole rings is 1. The Hall–Kier alpha value is -0.870. The van der Waals surface area contributed by atoms with Gasteiger partial charge >= 0.3 is 0 Å². The fourth-order valence-corrected chi connectivity index (χ4v) is 3.95. The predicted octanol–water partition coefficient (Wildman–Crippen LogP) is 2.24. The molecule has 1 saturated heterocycles. The number of rotatable bonds is 6. The van der Waals surface area contributed by atoms with Gasteiger partial charge in [-0.25, -0.2) is 4.98 Å². The largest absolute Gasteiger partial charge is 0.349 e. The molecule has 4 heteroatoms.